The van der Waals surface area contributed by atoms with Crippen molar-refractivity contribution in [3.8, 4) is 11.4 Å². The first-order valence-corrected chi connectivity index (χ1v) is 9.64. The summed E-state index contributed by atoms with van der Waals surface area (Å²) in [6, 6.07) is 8.55. The van der Waals surface area contributed by atoms with Gasteiger partial charge in [0.2, 0.25) is 15.9 Å². The van der Waals surface area contributed by atoms with Gasteiger partial charge in [-0.15, -0.1) is 0 Å². The number of aromatic amines is 1. The number of nitrogens with zero attached hydrogens (tertiary/aromatic N) is 1. The molecule has 12 heteroatoms. The molecule has 0 saturated heterocycles. The lowest BCUT2D eigenvalue weighted by Gasteiger charge is -2.08. The van der Waals surface area contributed by atoms with E-state index in [9.17, 15) is 26.8 Å². The average molecular weight is 424 g/mol. The number of carbonyl (C=O) groups excluding carboxylic acids is 1. The average Bonchev–Trinajstić information content (AvgIpc) is 3.10. The fraction of sp³-hybridized carbons (Fsp3) is 0.118. The maximum absolute atomic E-state index is 13.2. The second-order valence-corrected chi connectivity index (χ2v) is 7.56. The molecule has 3 aromatic rings. The summed E-state index contributed by atoms with van der Waals surface area (Å²) in [5.74, 6) is -3.49. The highest BCUT2D eigenvalue weighted by Gasteiger charge is 2.16. The highest BCUT2D eigenvalue weighted by Crippen LogP contribution is 2.18. The van der Waals surface area contributed by atoms with Crippen molar-refractivity contribution in [2.75, 3.05) is 11.9 Å². The zero-order valence-corrected chi connectivity index (χ0v) is 15.4. The van der Waals surface area contributed by atoms with Gasteiger partial charge >= 0.3 is 5.76 Å². The number of hydrogen-bond acceptors (Lipinski definition) is 6. The monoisotopic (exact) mass is 424 g/mol. The Morgan fingerprint density at radius 1 is 1.14 bits per heavy atom. The van der Waals surface area contributed by atoms with Gasteiger partial charge in [-0.2, -0.15) is 0 Å². The van der Waals surface area contributed by atoms with E-state index in [0.29, 0.717) is 23.4 Å². The number of aromatic nitrogens is 2. The lowest BCUT2D eigenvalue weighted by Crippen LogP contribution is -2.28. The Morgan fingerprint density at radius 2 is 1.93 bits per heavy atom. The highest BCUT2D eigenvalue weighted by molar-refractivity contribution is 7.89. The summed E-state index contributed by atoms with van der Waals surface area (Å²) >= 11 is 0. The molecule has 0 spiro atoms. The molecular formula is C17H14F2N4O5S. The van der Waals surface area contributed by atoms with Crippen LogP contribution in [0.3, 0.4) is 0 Å². The smallest absolute Gasteiger partial charge is 0.326 e. The fourth-order valence-electron chi connectivity index (χ4n) is 2.35. The van der Waals surface area contributed by atoms with Gasteiger partial charge in [0, 0.05) is 24.2 Å². The summed E-state index contributed by atoms with van der Waals surface area (Å²) in [7, 11) is -4.10. The SMILES string of the molecule is O=C(CCNS(=O)(=O)c1ccc(F)c(F)c1)Nc1cccc(-c2noc(=O)[nH]2)c1. The Kier molecular flexibility index (Phi) is 5.84. The van der Waals surface area contributed by atoms with Gasteiger partial charge in [0.25, 0.3) is 0 Å². The first kappa shape index (κ1) is 20.4. The number of halogens is 2. The zero-order valence-electron chi connectivity index (χ0n) is 14.6. The van der Waals surface area contributed by atoms with E-state index < -0.39 is 38.2 Å². The molecule has 3 rings (SSSR count). The fourth-order valence-corrected chi connectivity index (χ4v) is 3.39. The van der Waals surface area contributed by atoms with Crippen LogP contribution in [0.4, 0.5) is 14.5 Å². The Morgan fingerprint density at radius 3 is 2.62 bits per heavy atom. The van der Waals surface area contributed by atoms with Crippen molar-refractivity contribution in [3.63, 3.8) is 0 Å². The topological polar surface area (TPSA) is 134 Å². The van der Waals surface area contributed by atoms with Crippen LogP contribution in [0.25, 0.3) is 11.4 Å². The molecule has 1 amide bonds. The third-order valence-electron chi connectivity index (χ3n) is 3.71. The molecule has 0 unspecified atom stereocenters. The Hall–Kier alpha value is -3.38. The standard InChI is InChI=1S/C17H14F2N4O5S/c18-13-5-4-12(9-14(13)19)29(26,27)20-7-6-15(24)21-11-3-1-2-10(8-11)16-22-17(25)28-23-16/h1-5,8-9,20H,6-7H2,(H,21,24)(H,22,23,25). The van der Waals surface area contributed by atoms with Gasteiger partial charge in [-0.05, 0) is 30.3 Å². The van der Waals surface area contributed by atoms with Crippen LogP contribution in [0.15, 0.2) is 56.7 Å². The van der Waals surface area contributed by atoms with Gasteiger partial charge in [-0.1, -0.05) is 17.3 Å². The van der Waals surface area contributed by atoms with Gasteiger partial charge in [-0.25, -0.2) is 26.7 Å². The summed E-state index contributed by atoms with van der Waals surface area (Å²) in [4.78, 5) is 25.0. The van der Waals surface area contributed by atoms with Crippen molar-refractivity contribution in [1.29, 1.82) is 0 Å². The second-order valence-electron chi connectivity index (χ2n) is 5.80. The number of sulfonamides is 1. The van der Waals surface area contributed by atoms with Gasteiger partial charge in [0.05, 0.1) is 4.90 Å². The molecule has 3 N–H and O–H groups in total. The van der Waals surface area contributed by atoms with Crippen LogP contribution in [0.1, 0.15) is 6.42 Å². The zero-order chi connectivity index (χ0) is 21.0. The van der Waals surface area contributed by atoms with Crippen LogP contribution in [0, 0.1) is 11.6 Å². The summed E-state index contributed by atoms with van der Waals surface area (Å²) in [6.07, 6.45) is -0.214. The number of carbonyl (C=O) groups is 1. The molecule has 0 atom stereocenters. The first-order chi connectivity index (χ1) is 13.7. The van der Waals surface area contributed by atoms with E-state index in [2.05, 4.69) is 24.7 Å². The van der Waals surface area contributed by atoms with E-state index in [1.165, 1.54) is 6.07 Å². The number of benzene rings is 2. The van der Waals surface area contributed by atoms with Crippen molar-refractivity contribution in [2.45, 2.75) is 11.3 Å². The van der Waals surface area contributed by atoms with E-state index in [0.717, 1.165) is 6.07 Å². The second kappa shape index (κ2) is 8.32. The van der Waals surface area contributed by atoms with Crippen LogP contribution in [0.2, 0.25) is 0 Å². The van der Waals surface area contributed by atoms with Gasteiger partial charge in [0.1, 0.15) is 0 Å². The normalized spacial score (nSPS) is 11.4. The van der Waals surface area contributed by atoms with E-state index in [4.69, 9.17) is 0 Å². The molecular weight excluding hydrogens is 410 g/mol. The van der Waals surface area contributed by atoms with Crippen molar-refractivity contribution in [3.05, 3.63) is 64.6 Å². The Balaban J connectivity index is 1.57. The summed E-state index contributed by atoms with van der Waals surface area (Å²) in [5.41, 5.74) is 0.882. The van der Waals surface area contributed by atoms with E-state index in [1.54, 1.807) is 18.2 Å². The molecule has 0 aliphatic rings. The van der Waals surface area contributed by atoms with Gasteiger partial charge in [0.15, 0.2) is 17.5 Å². The largest absolute Gasteiger partial charge is 0.439 e. The molecule has 0 radical (unpaired) electrons. The lowest BCUT2D eigenvalue weighted by molar-refractivity contribution is -0.116. The molecule has 1 heterocycles. The van der Waals surface area contributed by atoms with Crippen molar-refractivity contribution in [2.24, 2.45) is 0 Å². The van der Waals surface area contributed by atoms with Crippen LogP contribution in [-0.4, -0.2) is 31.0 Å². The summed E-state index contributed by atoms with van der Waals surface area (Å²) < 4.78 is 56.8. The third-order valence-corrected chi connectivity index (χ3v) is 5.16. The molecule has 9 nitrogen and oxygen atoms in total. The molecule has 1 aromatic heterocycles. The predicted octanol–water partition coefficient (Wildman–Crippen LogP) is 1.62. The third kappa shape index (κ3) is 5.12. The van der Waals surface area contributed by atoms with Crippen LogP contribution < -0.4 is 15.8 Å². The number of nitrogens with one attached hydrogen (secondary N) is 3. The maximum atomic E-state index is 13.2. The van der Waals surface area contributed by atoms with Crippen LogP contribution in [0.5, 0.6) is 0 Å². The van der Waals surface area contributed by atoms with Crippen LogP contribution >= 0.6 is 0 Å². The van der Waals surface area contributed by atoms with E-state index >= 15 is 0 Å². The van der Waals surface area contributed by atoms with Crippen molar-refractivity contribution >= 4 is 21.6 Å². The highest BCUT2D eigenvalue weighted by atomic mass is 32.2. The van der Waals surface area contributed by atoms with E-state index in [-0.39, 0.29) is 18.8 Å². The Labute approximate surface area is 162 Å². The minimum atomic E-state index is -4.10. The number of amides is 1. The maximum Gasteiger partial charge on any atom is 0.439 e. The summed E-state index contributed by atoms with van der Waals surface area (Å²) in [6.45, 7) is -0.260. The van der Waals surface area contributed by atoms with Crippen molar-refractivity contribution < 1.29 is 26.5 Å². The number of H-pyrrole nitrogens is 1. The number of hydrogen-bond donors (Lipinski definition) is 3. The molecule has 2 aromatic carbocycles. The van der Waals surface area contributed by atoms with Crippen LogP contribution in [-0.2, 0) is 14.8 Å². The molecule has 0 aliphatic carbocycles. The predicted molar refractivity (Wildman–Crippen MR) is 97.4 cm³/mol. The van der Waals surface area contributed by atoms with Gasteiger partial charge in [-0.3, -0.25) is 14.3 Å². The van der Waals surface area contributed by atoms with Crippen molar-refractivity contribution in [1.82, 2.24) is 14.9 Å². The quantitative estimate of drug-likeness (QED) is 0.528. The molecule has 152 valence electrons. The summed E-state index contributed by atoms with van der Waals surface area (Å²) in [5, 5.41) is 6.11. The van der Waals surface area contributed by atoms with Gasteiger partial charge < -0.3 is 5.32 Å². The molecule has 0 aliphatic heterocycles. The molecule has 0 fully saturated rings. The number of anilines is 1. The minimum Gasteiger partial charge on any atom is -0.326 e. The number of rotatable bonds is 7. The lowest BCUT2D eigenvalue weighted by atomic mass is 10.2. The van der Waals surface area contributed by atoms with E-state index in [1.807, 2.05) is 0 Å². The Bertz CT molecular complexity index is 1210. The molecule has 0 saturated carbocycles. The molecule has 0 bridgehead atoms. The first-order valence-electron chi connectivity index (χ1n) is 8.15. The minimum absolute atomic E-state index is 0.186. The molecule has 29 heavy (non-hydrogen) atoms.